The van der Waals surface area contributed by atoms with Crippen molar-refractivity contribution >= 4 is 28.7 Å². The summed E-state index contributed by atoms with van der Waals surface area (Å²) in [6.45, 7) is 0.622. The van der Waals surface area contributed by atoms with Crippen LogP contribution in [0.4, 0.5) is 0 Å². The Bertz CT molecular complexity index is 1300. The van der Waals surface area contributed by atoms with E-state index in [0.29, 0.717) is 28.5 Å². The molecule has 0 bridgehead atoms. The van der Waals surface area contributed by atoms with Gasteiger partial charge in [0.2, 0.25) is 5.91 Å². The highest BCUT2D eigenvalue weighted by Gasteiger charge is 2.29. The van der Waals surface area contributed by atoms with Gasteiger partial charge in [0, 0.05) is 18.7 Å². The molecule has 4 aromatic rings. The van der Waals surface area contributed by atoms with E-state index in [4.69, 9.17) is 4.98 Å². The number of amides is 1. The molecular formula is C24H23N5O2S. The third kappa shape index (κ3) is 4.05. The fraction of sp³-hybridized carbons (Fsp3) is 0.250. The van der Waals surface area contributed by atoms with E-state index in [1.807, 2.05) is 48.5 Å². The fourth-order valence-corrected chi connectivity index (χ4v) is 5.12. The number of rotatable bonds is 7. The summed E-state index contributed by atoms with van der Waals surface area (Å²) in [4.78, 5) is 30.4. The lowest BCUT2D eigenvalue weighted by Crippen LogP contribution is -2.31. The molecule has 3 heterocycles. The van der Waals surface area contributed by atoms with Crippen molar-refractivity contribution < 1.29 is 4.79 Å². The molecule has 2 aromatic heterocycles. The Balaban J connectivity index is 1.27. The Hall–Kier alpha value is -3.39. The summed E-state index contributed by atoms with van der Waals surface area (Å²) in [7, 11) is 0. The molecule has 0 aliphatic carbocycles. The van der Waals surface area contributed by atoms with E-state index in [0.717, 1.165) is 18.5 Å². The largest absolute Gasteiger partial charge is 0.356 e. The van der Waals surface area contributed by atoms with Crippen molar-refractivity contribution in [2.75, 3.05) is 12.3 Å². The molecule has 1 aliphatic heterocycles. The maximum absolute atomic E-state index is 13.2. The zero-order chi connectivity index (χ0) is 21.9. The van der Waals surface area contributed by atoms with E-state index in [1.54, 1.807) is 15.4 Å². The minimum atomic E-state index is -0.200. The average Bonchev–Trinajstić information content (AvgIpc) is 3.43. The average molecular weight is 446 g/mol. The van der Waals surface area contributed by atoms with Gasteiger partial charge in [-0.05, 0) is 30.5 Å². The van der Waals surface area contributed by atoms with Gasteiger partial charge in [-0.3, -0.25) is 14.2 Å². The number of hydrogen-bond acceptors (Lipinski definition) is 5. The monoisotopic (exact) mass is 445 g/mol. The normalized spacial score (nSPS) is 15.1. The summed E-state index contributed by atoms with van der Waals surface area (Å²) in [6.07, 6.45) is 3.64. The molecule has 5 rings (SSSR count). The number of nitrogens with one attached hydrogen (secondary N) is 1. The summed E-state index contributed by atoms with van der Waals surface area (Å²) in [5, 5.41) is 8.48. The standard InChI is InChI=1S/C24H23N5O2S/c30-21(25-13-7-10-17-8-3-1-4-9-17)14-19-16-32-24-27-22-20(23(31)28(19)24)15-26-29(22)18-11-5-2-6-12-18/h1-6,8-9,11-12,15,19H,7,10,13-14,16H2,(H,25,30)/t19-/m0/s1. The third-order valence-corrected chi connectivity index (χ3v) is 6.70. The van der Waals surface area contributed by atoms with Crippen LogP contribution >= 0.6 is 11.8 Å². The van der Waals surface area contributed by atoms with E-state index in [9.17, 15) is 9.59 Å². The second-order valence-corrected chi connectivity index (χ2v) is 8.79. The molecule has 7 nitrogen and oxygen atoms in total. The van der Waals surface area contributed by atoms with Crippen LogP contribution in [0.2, 0.25) is 0 Å². The lowest BCUT2D eigenvalue weighted by Gasteiger charge is -2.13. The summed E-state index contributed by atoms with van der Waals surface area (Å²) < 4.78 is 3.35. The number of thioether (sulfide) groups is 1. The van der Waals surface area contributed by atoms with Crippen molar-refractivity contribution in [1.82, 2.24) is 24.6 Å². The van der Waals surface area contributed by atoms with Crippen LogP contribution in [0, 0.1) is 0 Å². The van der Waals surface area contributed by atoms with E-state index in [2.05, 4.69) is 22.5 Å². The highest BCUT2D eigenvalue weighted by molar-refractivity contribution is 7.99. The number of aromatic nitrogens is 4. The molecule has 0 saturated carbocycles. The molecule has 32 heavy (non-hydrogen) atoms. The van der Waals surface area contributed by atoms with Gasteiger partial charge in [-0.2, -0.15) is 5.10 Å². The summed E-state index contributed by atoms with van der Waals surface area (Å²) in [5.74, 6) is 0.619. The van der Waals surface area contributed by atoms with E-state index >= 15 is 0 Å². The minimum Gasteiger partial charge on any atom is -0.356 e. The molecule has 1 amide bonds. The van der Waals surface area contributed by atoms with Gasteiger partial charge in [0.05, 0.1) is 17.9 Å². The highest BCUT2D eigenvalue weighted by Crippen LogP contribution is 2.33. The van der Waals surface area contributed by atoms with Crippen LogP contribution in [0.15, 0.2) is 76.8 Å². The van der Waals surface area contributed by atoms with Gasteiger partial charge in [-0.15, -0.1) is 0 Å². The zero-order valence-electron chi connectivity index (χ0n) is 17.5. The number of carbonyl (C=O) groups is 1. The van der Waals surface area contributed by atoms with Gasteiger partial charge in [-0.25, -0.2) is 9.67 Å². The highest BCUT2D eigenvalue weighted by atomic mass is 32.2. The van der Waals surface area contributed by atoms with E-state index < -0.39 is 0 Å². The molecular weight excluding hydrogens is 422 g/mol. The first-order chi connectivity index (χ1) is 15.7. The van der Waals surface area contributed by atoms with Gasteiger partial charge < -0.3 is 5.32 Å². The number of hydrogen-bond donors (Lipinski definition) is 1. The van der Waals surface area contributed by atoms with Crippen molar-refractivity contribution in [3.63, 3.8) is 0 Å². The van der Waals surface area contributed by atoms with Crippen molar-refractivity contribution in [2.24, 2.45) is 0 Å². The number of fused-ring (bicyclic) bond motifs is 2. The Labute approximate surface area is 189 Å². The number of aryl methyl sites for hydroxylation is 1. The van der Waals surface area contributed by atoms with Crippen LogP contribution in [-0.2, 0) is 11.2 Å². The predicted molar refractivity (Wildman–Crippen MR) is 125 cm³/mol. The van der Waals surface area contributed by atoms with E-state index in [1.165, 1.54) is 17.3 Å². The number of nitrogens with zero attached hydrogens (tertiary/aromatic N) is 4. The molecule has 0 radical (unpaired) electrons. The first-order valence-corrected chi connectivity index (χ1v) is 11.7. The smallest absolute Gasteiger partial charge is 0.265 e. The van der Waals surface area contributed by atoms with Crippen LogP contribution in [0.5, 0.6) is 0 Å². The lowest BCUT2D eigenvalue weighted by atomic mass is 10.1. The Kier molecular flexibility index (Phi) is 5.77. The molecule has 1 atom stereocenters. The number of para-hydroxylation sites is 1. The topological polar surface area (TPSA) is 81.8 Å². The summed E-state index contributed by atoms with van der Waals surface area (Å²) >= 11 is 1.51. The lowest BCUT2D eigenvalue weighted by molar-refractivity contribution is -0.121. The second-order valence-electron chi connectivity index (χ2n) is 7.81. The van der Waals surface area contributed by atoms with Crippen LogP contribution < -0.4 is 10.9 Å². The number of benzene rings is 2. The van der Waals surface area contributed by atoms with Crippen molar-refractivity contribution in [3.05, 3.63) is 82.8 Å². The molecule has 8 heteroatoms. The summed E-state index contributed by atoms with van der Waals surface area (Å²) in [5.41, 5.74) is 2.53. The molecule has 0 saturated heterocycles. The van der Waals surface area contributed by atoms with Gasteiger partial charge in [0.25, 0.3) is 5.56 Å². The van der Waals surface area contributed by atoms with Crippen molar-refractivity contribution in [2.45, 2.75) is 30.5 Å². The van der Waals surface area contributed by atoms with Gasteiger partial charge in [0.15, 0.2) is 10.8 Å². The zero-order valence-corrected chi connectivity index (χ0v) is 18.3. The molecule has 2 aromatic carbocycles. The van der Waals surface area contributed by atoms with Crippen LogP contribution in [-0.4, -0.2) is 37.5 Å². The minimum absolute atomic E-state index is 0.0384. The maximum atomic E-state index is 13.2. The fourth-order valence-electron chi connectivity index (χ4n) is 3.99. The molecule has 0 spiro atoms. The molecule has 1 aliphatic rings. The third-order valence-electron chi connectivity index (χ3n) is 5.60. The van der Waals surface area contributed by atoms with Crippen LogP contribution in [0.25, 0.3) is 16.7 Å². The SMILES string of the molecule is O=C(C[C@H]1CSc2nc3c(cnn3-c3ccccc3)c(=O)n21)NCCCc1ccccc1. The maximum Gasteiger partial charge on any atom is 0.265 e. The van der Waals surface area contributed by atoms with Gasteiger partial charge >= 0.3 is 0 Å². The van der Waals surface area contributed by atoms with Crippen molar-refractivity contribution in [3.8, 4) is 5.69 Å². The van der Waals surface area contributed by atoms with Crippen LogP contribution in [0.3, 0.4) is 0 Å². The van der Waals surface area contributed by atoms with E-state index in [-0.39, 0.29) is 23.9 Å². The molecule has 0 unspecified atom stereocenters. The van der Waals surface area contributed by atoms with Crippen molar-refractivity contribution in [1.29, 1.82) is 0 Å². The van der Waals surface area contributed by atoms with Gasteiger partial charge in [0.1, 0.15) is 5.39 Å². The first kappa shape index (κ1) is 20.5. The Morgan fingerprint density at radius 2 is 1.84 bits per heavy atom. The van der Waals surface area contributed by atoms with Gasteiger partial charge in [-0.1, -0.05) is 60.3 Å². The number of carbonyl (C=O) groups excluding carboxylic acids is 1. The Morgan fingerprint density at radius 3 is 2.62 bits per heavy atom. The molecule has 0 fully saturated rings. The quantitative estimate of drug-likeness (QED) is 0.348. The molecule has 1 N–H and O–H groups in total. The molecule has 162 valence electrons. The van der Waals surface area contributed by atoms with Crippen LogP contribution in [0.1, 0.15) is 24.4 Å². The summed E-state index contributed by atoms with van der Waals surface area (Å²) in [6, 6.07) is 19.7. The first-order valence-electron chi connectivity index (χ1n) is 10.7. The second kappa shape index (κ2) is 9.00. The predicted octanol–water partition coefficient (Wildman–Crippen LogP) is 3.37. The Morgan fingerprint density at radius 1 is 1.09 bits per heavy atom.